The molecule has 374 valence electrons. The topological polar surface area (TPSA) is 67.9 Å². The van der Waals surface area contributed by atoms with E-state index in [-0.39, 0.29) is 5.41 Å². The summed E-state index contributed by atoms with van der Waals surface area (Å²) in [5.41, 5.74) is 6.13. The third-order valence-corrected chi connectivity index (χ3v) is 12.6. The Bertz CT molecular complexity index is 2270. The molecule has 1 aliphatic rings. The van der Waals surface area contributed by atoms with Gasteiger partial charge in [-0.1, -0.05) is 168 Å². The Balaban J connectivity index is 0.000000191. The molecule has 0 bridgehead atoms. The van der Waals surface area contributed by atoms with Gasteiger partial charge in [-0.2, -0.15) is 0 Å². The first-order valence-corrected chi connectivity index (χ1v) is 26.9. The van der Waals surface area contributed by atoms with Crippen LogP contribution in [0, 0.1) is 0 Å². The minimum atomic E-state index is 0.212. The molecular formula is C61H90N8. The average Bonchev–Trinajstić information content (AvgIpc) is 4.14. The van der Waals surface area contributed by atoms with Crippen LogP contribution in [0.5, 0.6) is 0 Å². The molecule has 0 saturated carbocycles. The number of imidazole rings is 2. The summed E-state index contributed by atoms with van der Waals surface area (Å²) in [5, 5.41) is 2.46. The second-order valence-corrected chi connectivity index (χ2v) is 19.6. The van der Waals surface area contributed by atoms with Gasteiger partial charge in [-0.3, -0.25) is 9.97 Å². The fourth-order valence-corrected chi connectivity index (χ4v) is 8.29. The average molecular weight is 935 g/mol. The molecule has 1 fully saturated rings. The van der Waals surface area contributed by atoms with E-state index in [0.717, 1.165) is 36.4 Å². The van der Waals surface area contributed by atoms with E-state index in [1.165, 1.54) is 151 Å². The number of pyridine rings is 2. The smallest absolute Gasteiger partial charge is 0.0991 e. The molecule has 3 aromatic carbocycles. The summed E-state index contributed by atoms with van der Waals surface area (Å²) in [6.45, 7) is 23.2. The second kappa shape index (κ2) is 34.0. The summed E-state index contributed by atoms with van der Waals surface area (Å²) in [6, 6.07) is 31.3. The lowest BCUT2D eigenvalue weighted by Gasteiger charge is -2.26. The number of benzene rings is 3. The van der Waals surface area contributed by atoms with Crippen molar-refractivity contribution < 1.29 is 0 Å². The maximum atomic E-state index is 4.58. The first kappa shape index (κ1) is 56.2. The first-order valence-electron chi connectivity index (χ1n) is 26.9. The highest BCUT2D eigenvalue weighted by Crippen LogP contribution is 2.25. The maximum Gasteiger partial charge on any atom is 0.0991 e. The Hall–Kier alpha value is -5.34. The van der Waals surface area contributed by atoms with Crippen LogP contribution in [-0.2, 0) is 12.0 Å². The number of piperidine rings is 1. The van der Waals surface area contributed by atoms with Crippen LogP contribution >= 0.6 is 0 Å². The van der Waals surface area contributed by atoms with Gasteiger partial charge in [0.05, 0.1) is 35.6 Å². The van der Waals surface area contributed by atoms with Gasteiger partial charge in [0.15, 0.2) is 0 Å². The highest BCUT2D eigenvalue weighted by Gasteiger charge is 2.14. The van der Waals surface area contributed by atoms with Crippen LogP contribution in [0.4, 0.5) is 5.69 Å². The molecule has 0 atom stereocenters. The third-order valence-electron chi connectivity index (χ3n) is 12.6. The number of nitrogens with zero attached hydrogens (tertiary/aromatic N) is 8. The summed E-state index contributed by atoms with van der Waals surface area (Å²) in [5.74, 6) is 0. The molecule has 0 radical (unpaired) electrons. The van der Waals surface area contributed by atoms with Crippen molar-refractivity contribution in [1.29, 1.82) is 0 Å². The van der Waals surface area contributed by atoms with Crippen LogP contribution in [0.3, 0.4) is 0 Å². The number of aromatic nitrogens is 6. The molecule has 0 spiro atoms. The zero-order chi connectivity index (χ0) is 49.2. The molecule has 8 rings (SSSR count). The fraction of sp³-hybridized carbons (Fsp3) is 0.508. The lowest BCUT2D eigenvalue weighted by Crippen LogP contribution is -2.30. The molecule has 0 N–H and O–H groups in total. The molecule has 1 aliphatic heterocycles. The van der Waals surface area contributed by atoms with Gasteiger partial charge in [0.1, 0.15) is 0 Å². The number of para-hydroxylation sites is 2. The Morgan fingerprint density at radius 2 is 1.12 bits per heavy atom. The van der Waals surface area contributed by atoms with Crippen LogP contribution in [0.25, 0.3) is 27.5 Å². The van der Waals surface area contributed by atoms with E-state index in [0.29, 0.717) is 0 Å². The van der Waals surface area contributed by atoms with Gasteiger partial charge < -0.3 is 18.9 Å². The number of rotatable bonds is 20. The zero-order valence-electron chi connectivity index (χ0n) is 44.1. The SMILES string of the molecule is CC(C)(C)c1ccc2ncccc2c1.CCCCCCCCN1CCCCC1.CCCCCCn1ccnc1.CCCCN(CCCC)c1cnc2ccccc2c1.c1ccc(-n2ccnc2)cc1. The fourth-order valence-electron chi connectivity index (χ4n) is 8.29. The van der Waals surface area contributed by atoms with Crippen molar-refractivity contribution in [2.45, 2.75) is 170 Å². The number of fused-ring (bicyclic) bond motifs is 2. The summed E-state index contributed by atoms with van der Waals surface area (Å²) >= 11 is 0. The summed E-state index contributed by atoms with van der Waals surface area (Å²) in [7, 11) is 0. The summed E-state index contributed by atoms with van der Waals surface area (Å²) in [6.07, 6.45) is 38.3. The van der Waals surface area contributed by atoms with Crippen molar-refractivity contribution in [3.8, 4) is 5.69 Å². The second-order valence-electron chi connectivity index (χ2n) is 19.6. The Morgan fingerprint density at radius 1 is 0.522 bits per heavy atom. The van der Waals surface area contributed by atoms with Crippen LogP contribution in [0.2, 0.25) is 0 Å². The molecular weight excluding hydrogens is 845 g/mol. The molecule has 69 heavy (non-hydrogen) atoms. The van der Waals surface area contributed by atoms with E-state index in [9.17, 15) is 0 Å². The van der Waals surface area contributed by atoms with Crippen molar-refractivity contribution in [2.75, 3.05) is 37.6 Å². The third kappa shape index (κ3) is 22.8. The van der Waals surface area contributed by atoms with Gasteiger partial charge in [-0.05, 0) is 112 Å². The van der Waals surface area contributed by atoms with E-state index in [1.807, 2.05) is 84.3 Å². The van der Waals surface area contributed by atoms with E-state index in [1.54, 1.807) is 12.5 Å². The van der Waals surface area contributed by atoms with Gasteiger partial charge in [0.2, 0.25) is 0 Å². The minimum absolute atomic E-state index is 0.212. The number of hydrogen-bond acceptors (Lipinski definition) is 6. The van der Waals surface area contributed by atoms with Crippen LogP contribution in [0.1, 0.15) is 163 Å². The van der Waals surface area contributed by atoms with Gasteiger partial charge >= 0.3 is 0 Å². The van der Waals surface area contributed by atoms with Crippen LogP contribution in [-0.4, -0.2) is 66.7 Å². The highest BCUT2D eigenvalue weighted by atomic mass is 15.1. The van der Waals surface area contributed by atoms with E-state index in [4.69, 9.17) is 0 Å². The predicted molar refractivity (Wildman–Crippen MR) is 298 cm³/mol. The quantitative estimate of drug-likeness (QED) is 0.0710. The molecule has 5 heterocycles. The molecule has 8 nitrogen and oxygen atoms in total. The Morgan fingerprint density at radius 3 is 1.78 bits per heavy atom. The summed E-state index contributed by atoms with van der Waals surface area (Å²) < 4.78 is 4.11. The van der Waals surface area contributed by atoms with E-state index < -0.39 is 0 Å². The van der Waals surface area contributed by atoms with Crippen molar-refractivity contribution in [3.05, 3.63) is 146 Å². The lowest BCUT2D eigenvalue weighted by atomic mass is 9.86. The van der Waals surface area contributed by atoms with E-state index in [2.05, 4.69) is 131 Å². The minimum Gasteiger partial charge on any atom is -0.370 e. The molecule has 1 saturated heterocycles. The van der Waals surface area contributed by atoms with Gasteiger partial charge in [-0.15, -0.1) is 0 Å². The van der Waals surface area contributed by atoms with E-state index >= 15 is 0 Å². The van der Waals surface area contributed by atoms with Crippen molar-refractivity contribution >= 4 is 27.5 Å². The molecule has 8 heteroatoms. The van der Waals surface area contributed by atoms with Gasteiger partial charge in [0.25, 0.3) is 0 Å². The number of likely N-dealkylation sites (tertiary alicyclic amines) is 1. The molecule has 0 amide bonds. The Labute approximate surface area is 419 Å². The number of anilines is 1. The standard InChI is InChI=1S/C17H24N2.C13H15N.C13H27N.C9H8N2.C9H16N2/c1-3-5-11-19(12-6-4-2)16-13-15-9-7-8-10-17(15)18-14-16;1-13(2,3)11-6-7-12-10(9-11)5-4-8-14-12;1-2-3-4-5-6-8-11-14-12-9-7-10-13-14;1-2-4-9(5-3-1)11-7-6-10-8-11;1-2-3-4-5-7-11-8-6-10-9-11/h7-10,13-14H,3-6,11-12H2,1-2H3;4-9H,1-3H3;2-13H2,1H3;1-8H;6,8-9H,2-5,7H2,1H3. The summed E-state index contributed by atoms with van der Waals surface area (Å²) in [4.78, 5) is 22.0. The lowest BCUT2D eigenvalue weighted by molar-refractivity contribution is 0.224. The van der Waals surface area contributed by atoms with Gasteiger partial charge in [-0.25, -0.2) is 9.97 Å². The van der Waals surface area contributed by atoms with Crippen molar-refractivity contribution in [2.24, 2.45) is 0 Å². The normalized spacial score (nSPS) is 12.4. The largest absolute Gasteiger partial charge is 0.370 e. The molecule has 4 aromatic heterocycles. The number of hydrogen-bond donors (Lipinski definition) is 0. The van der Waals surface area contributed by atoms with Crippen LogP contribution < -0.4 is 4.90 Å². The first-order chi connectivity index (χ1) is 33.7. The highest BCUT2D eigenvalue weighted by molar-refractivity contribution is 5.81. The predicted octanol–water partition coefficient (Wildman–Crippen LogP) is 16.3. The number of unbranched alkanes of at least 4 members (excludes halogenated alkanes) is 10. The number of aryl methyl sites for hydroxylation is 1. The zero-order valence-corrected chi connectivity index (χ0v) is 44.1. The molecule has 0 aliphatic carbocycles. The molecule has 0 unspecified atom stereocenters. The van der Waals surface area contributed by atoms with Gasteiger partial charge in [0, 0.05) is 67.1 Å². The monoisotopic (exact) mass is 935 g/mol. The van der Waals surface area contributed by atoms with Crippen molar-refractivity contribution in [1.82, 2.24) is 34.0 Å². The maximum absolute atomic E-state index is 4.58. The van der Waals surface area contributed by atoms with Crippen LogP contribution in [0.15, 0.2) is 141 Å². The molecule has 7 aromatic rings. The Kier molecular flexibility index (Phi) is 27.7. The van der Waals surface area contributed by atoms with Crippen molar-refractivity contribution in [3.63, 3.8) is 0 Å².